The Balaban J connectivity index is 2.06. The van der Waals surface area contributed by atoms with Gasteiger partial charge < -0.3 is 0 Å². The summed E-state index contributed by atoms with van der Waals surface area (Å²) in [6, 6.07) is 5.46. The summed E-state index contributed by atoms with van der Waals surface area (Å²) in [6.07, 6.45) is 0.773. The van der Waals surface area contributed by atoms with Gasteiger partial charge in [0.1, 0.15) is 0 Å². The van der Waals surface area contributed by atoms with Gasteiger partial charge in [0.25, 0.3) is 0 Å². The first-order valence-electron chi connectivity index (χ1n) is 6.08. The Morgan fingerprint density at radius 2 is 2.11 bits per heavy atom. The fourth-order valence-corrected chi connectivity index (χ4v) is 3.94. The van der Waals surface area contributed by atoms with Gasteiger partial charge in [-0.2, -0.15) is 0 Å². The molecule has 0 bridgehead atoms. The van der Waals surface area contributed by atoms with Gasteiger partial charge in [-0.25, -0.2) is 8.42 Å². The van der Waals surface area contributed by atoms with E-state index < -0.39 is 10.0 Å². The molecule has 1 fully saturated rings. The number of rotatable bonds is 4. The molecule has 1 aromatic carbocycles. The van der Waals surface area contributed by atoms with Gasteiger partial charge in [-0.3, -0.25) is 9.52 Å². The summed E-state index contributed by atoms with van der Waals surface area (Å²) in [6.45, 7) is 3.87. The quantitative estimate of drug-likeness (QED) is 0.910. The van der Waals surface area contributed by atoms with E-state index in [-0.39, 0.29) is 17.6 Å². The fraction of sp³-hybridized carbons (Fsp3) is 0.462. The monoisotopic (exact) mass is 345 g/mol. The highest BCUT2D eigenvalue weighted by Gasteiger charge is 2.40. The maximum absolute atomic E-state index is 11.9. The summed E-state index contributed by atoms with van der Waals surface area (Å²) in [5, 5.41) is 0. The molecular weight excluding hydrogens is 330 g/mol. The molecule has 0 aromatic heterocycles. The van der Waals surface area contributed by atoms with E-state index in [1.807, 2.05) is 26.0 Å². The van der Waals surface area contributed by atoms with Crippen LogP contribution in [-0.4, -0.2) is 14.3 Å². The van der Waals surface area contributed by atoms with Crippen molar-refractivity contribution >= 4 is 31.9 Å². The molecule has 1 aromatic rings. The highest BCUT2D eigenvalue weighted by molar-refractivity contribution is 9.10. The largest absolute Gasteiger partial charge is 0.274 e. The summed E-state index contributed by atoms with van der Waals surface area (Å²) >= 11 is 3.34. The van der Waals surface area contributed by atoms with Gasteiger partial charge >= 0.3 is 0 Å². The maximum Gasteiger partial charge on any atom is 0.239 e. The Hall–Kier alpha value is -0.880. The van der Waals surface area contributed by atoms with E-state index in [0.29, 0.717) is 11.5 Å². The molecule has 0 radical (unpaired) electrons. The summed E-state index contributed by atoms with van der Waals surface area (Å²) in [4.78, 5) is 11.7. The third-order valence-electron chi connectivity index (χ3n) is 3.26. The van der Waals surface area contributed by atoms with Crippen molar-refractivity contribution in [3.63, 3.8) is 0 Å². The van der Waals surface area contributed by atoms with Crippen LogP contribution in [0.3, 0.4) is 0 Å². The van der Waals surface area contributed by atoms with Gasteiger partial charge in [-0.05, 0) is 36.5 Å². The molecule has 1 aliphatic rings. The van der Waals surface area contributed by atoms with Crippen LogP contribution < -0.4 is 4.72 Å². The fourth-order valence-electron chi connectivity index (χ4n) is 1.93. The van der Waals surface area contributed by atoms with Gasteiger partial charge in [0.05, 0.1) is 5.75 Å². The average Bonchev–Trinajstić information content (AvgIpc) is 2.99. The normalized spacial score (nSPS) is 22.1. The van der Waals surface area contributed by atoms with Gasteiger partial charge in [-0.1, -0.05) is 35.0 Å². The average molecular weight is 346 g/mol. The summed E-state index contributed by atoms with van der Waals surface area (Å²) < 4.78 is 26.8. The van der Waals surface area contributed by atoms with Gasteiger partial charge in [-0.15, -0.1) is 0 Å². The lowest BCUT2D eigenvalue weighted by Gasteiger charge is -2.08. The molecule has 2 atom stereocenters. The first kappa shape index (κ1) is 14.5. The number of nitrogens with one attached hydrogen (secondary N) is 1. The van der Waals surface area contributed by atoms with E-state index >= 15 is 0 Å². The van der Waals surface area contributed by atoms with Crippen LogP contribution in [0.25, 0.3) is 0 Å². The Labute approximate surface area is 121 Å². The third-order valence-corrected chi connectivity index (χ3v) is 5.20. The van der Waals surface area contributed by atoms with Gasteiger partial charge in [0.15, 0.2) is 0 Å². The number of aryl methyl sites for hydroxylation is 1. The van der Waals surface area contributed by atoms with Gasteiger partial charge in [0.2, 0.25) is 15.9 Å². The SMILES string of the molecule is Cc1ccc(CS(=O)(=O)NC(=O)[C@@H]2C[C@H]2C)c(Br)c1. The summed E-state index contributed by atoms with van der Waals surface area (Å²) in [5.74, 6) is -0.422. The molecule has 19 heavy (non-hydrogen) atoms. The molecule has 4 nitrogen and oxygen atoms in total. The minimum atomic E-state index is -3.63. The molecule has 0 heterocycles. The van der Waals surface area contributed by atoms with Crippen molar-refractivity contribution in [3.05, 3.63) is 33.8 Å². The molecule has 1 amide bonds. The molecule has 1 saturated carbocycles. The van der Waals surface area contributed by atoms with E-state index in [0.717, 1.165) is 16.5 Å². The van der Waals surface area contributed by atoms with Crippen LogP contribution in [0.5, 0.6) is 0 Å². The van der Waals surface area contributed by atoms with Crippen molar-refractivity contribution in [2.75, 3.05) is 0 Å². The van der Waals surface area contributed by atoms with Crippen molar-refractivity contribution in [1.29, 1.82) is 0 Å². The first-order valence-corrected chi connectivity index (χ1v) is 8.52. The van der Waals surface area contributed by atoms with Crippen LogP contribution in [0, 0.1) is 18.8 Å². The van der Waals surface area contributed by atoms with E-state index in [1.54, 1.807) is 6.07 Å². The first-order chi connectivity index (χ1) is 8.78. The van der Waals surface area contributed by atoms with E-state index in [4.69, 9.17) is 0 Å². The number of halogens is 1. The number of sulfonamides is 1. The molecule has 1 N–H and O–H groups in total. The van der Waals surface area contributed by atoms with Crippen LogP contribution in [0.1, 0.15) is 24.5 Å². The number of amides is 1. The lowest BCUT2D eigenvalue weighted by atomic mass is 10.2. The molecule has 1 aliphatic carbocycles. The Bertz CT molecular complexity index is 612. The van der Waals surface area contributed by atoms with Crippen molar-refractivity contribution in [2.24, 2.45) is 11.8 Å². The number of hydrogen-bond donors (Lipinski definition) is 1. The number of carbonyl (C=O) groups excluding carboxylic acids is 1. The number of benzene rings is 1. The van der Waals surface area contributed by atoms with Crippen molar-refractivity contribution in [1.82, 2.24) is 4.72 Å². The zero-order valence-electron chi connectivity index (χ0n) is 10.8. The minimum absolute atomic E-state index is 0.142. The molecule has 104 valence electrons. The van der Waals surface area contributed by atoms with Crippen LogP contribution in [0.4, 0.5) is 0 Å². The smallest absolute Gasteiger partial charge is 0.239 e. The van der Waals surface area contributed by atoms with Crippen LogP contribution in [-0.2, 0) is 20.6 Å². The second kappa shape index (κ2) is 5.25. The Kier molecular flexibility index (Phi) is 4.01. The van der Waals surface area contributed by atoms with E-state index in [2.05, 4.69) is 20.7 Å². The summed E-state index contributed by atoms with van der Waals surface area (Å²) in [7, 11) is -3.63. The standard InChI is InChI=1S/C13H16BrNO3S/c1-8-3-4-10(12(14)5-8)7-19(17,18)15-13(16)11-6-9(11)2/h3-5,9,11H,6-7H2,1-2H3,(H,15,16)/t9-,11-/m1/s1. The number of hydrogen-bond acceptors (Lipinski definition) is 3. The third kappa shape index (κ3) is 3.79. The Morgan fingerprint density at radius 3 is 2.63 bits per heavy atom. The lowest BCUT2D eigenvalue weighted by Crippen LogP contribution is -2.33. The minimum Gasteiger partial charge on any atom is -0.274 e. The predicted octanol–water partition coefficient (Wildman–Crippen LogP) is 2.36. The second-order valence-electron chi connectivity index (χ2n) is 5.14. The molecule has 0 unspecified atom stereocenters. The molecule has 6 heteroatoms. The molecule has 2 rings (SSSR count). The van der Waals surface area contributed by atoms with Crippen molar-refractivity contribution < 1.29 is 13.2 Å². The summed E-state index contributed by atoms with van der Waals surface area (Å²) in [5.41, 5.74) is 1.69. The molecule has 0 aliphatic heterocycles. The highest BCUT2D eigenvalue weighted by atomic mass is 79.9. The van der Waals surface area contributed by atoms with Gasteiger partial charge in [0, 0.05) is 10.4 Å². The maximum atomic E-state index is 11.9. The Morgan fingerprint density at radius 1 is 1.47 bits per heavy atom. The molecule has 0 saturated heterocycles. The topological polar surface area (TPSA) is 63.2 Å². The molecule has 0 spiro atoms. The zero-order valence-corrected chi connectivity index (χ0v) is 13.2. The van der Waals surface area contributed by atoms with Crippen molar-refractivity contribution in [3.8, 4) is 0 Å². The van der Waals surface area contributed by atoms with Crippen LogP contribution in [0.2, 0.25) is 0 Å². The predicted molar refractivity (Wildman–Crippen MR) is 76.9 cm³/mol. The van der Waals surface area contributed by atoms with E-state index in [1.165, 1.54) is 0 Å². The lowest BCUT2D eigenvalue weighted by molar-refractivity contribution is -0.120. The van der Waals surface area contributed by atoms with E-state index in [9.17, 15) is 13.2 Å². The van der Waals surface area contributed by atoms with Crippen LogP contribution in [0.15, 0.2) is 22.7 Å². The highest BCUT2D eigenvalue weighted by Crippen LogP contribution is 2.37. The second-order valence-corrected chi connectivity index (χ2v) is 7.72. The van der Waals surface area contributed by atoms with Crippen molar-refractivity contribution in [2.45, 2.75) is 26.0 Å². The zero-order chi connectivity index (χ0) is 14.2. The van der Waals surface area contributed by atoms with Crippen LogP contribution >= 0.6 is 15.9 Å². The number of carbonyl (C=O) groups is 1. The molecular formula is C13H16BrNO3S.